The Labute approximate surface area is 160 Å². The number of hydrogen-bond donors (Lipinski definition) is 1. The molecule has 0 atom stereocenters. The van der Waals surface area contributed by atoms with E-state index in [-0.39, 0.29) is 5.56 Å². The number of aryl methyl sites for hydroxylation is 1. The Balaban J connectivity index is 1.49. The highest BCUT2D eigenvalue weighted by atomic mass is 16.5. The number of carbonyl (C=O) groups is 1. The molecule has 0 aliphatic rings. The molecule has 0 unspecified atom stereocenters. The number of rotatable bonds is 5. The van der Waals surface area contributed by atoms with Crippen molar-refractivity contribution in [2.24, 2.45) is 7.05 Å². The summed E-state index contributed by atoms with van der Waals surface area (Å²) in [7, 11) is 3.54. The first kappa shape index (κ1) is 17.8. The van der Waals surface area contributed by atoms with Gasteiger partial charge in [-0.05, 0) is 24.3 Å². The van der Waals surface area contributed by atoms with Crippen molar-refractivity contribution in [1.82, 2.24) is 14.9 Å². The highest BCUT2D eigenvalue weighted by Gasteiger charge is 2.14. The Kier molecular flexibility index (Phi) is 4.57. The number of imidazole rings is 1. The van der Waals surface area contributed by atoms with Gasteiger partial charge in [0.25, 0.3) is 5.91 Å². The van der Waals surface area contributed by atoms with Crippen molar-refractivity contribution >= 4 is 27.9 Å². The van der Waals surface area contributed by atoms with Gasteiger partial charge in [-0.15, -0.1) is 0 Å². The quantitative estimate of drug-likeness (QED) is 0.541. The van der Waals surface area contributed by atoms with E-state index >= 15 is 0 Å². The van der Waals surface area contributed by atoms with Crippen molar-refractivity contribution in [1.29, 1.82) is 0 Å². The lowest BCUT2D eigenvalue weighted by atomic mass is 10.2. The topological polar surface area (TPSA) is 86.4 Å². The minimum atomic E-state index is -0.647. The van der Waals surface area contributed by atoms with Crippen LogP contribution in [0.1, 0.15) is 16.2 Å². The Morgan fingerprint density at radius 1 is 1.21 bits per heavy atom. The summed E-state index contributed by atoms with van der Waals surface area (Å²) in [6.45, 7) is 0.347. The third kappa shape index (κ3) is 3.22. The summed E-state index contributed by atoms with van der Waals surface area (Å²) in [5.74, 6) is 1.11. The molecule has 2 heterocycles. The lowest BCUT2D eigenvalue weighted by Crippen LogP contribution is -2.30. The molecule has 142 valence electrons. The number of aromatic nitrogens is 2. The van der Waals surface area contributed by atoms with Gasteiger partial charge in [0.1, 0.15) is 22.7 Å². The third-order valence-corrected chi connectivity index (χ3v) is 4.70. The van der Waals surface area contributed by atoms with Crippen LogP contribution < -0.4 is 15.7 Å². The first-order valence-corrected chi connectivity index (χ1v) is 8.87. The highest BCUT2D eigenvalue weighted by Crippen LogP contribution is 2.21. The molecule has 0 fully saturated rings. The maximum atomic E-state index is 12.4. The van der Waals surface area contributed by atoms with Crippen LogP contribution in [0.3, 0.4) is 0 Å². The molecule has 4 aromatic rings. The first-order valence-electron chi connectivity index (χ1n) is 8.87. The van der Waals surface area contributed by atoms with Gasteiger partial charge in [-0.1, -0.05) is 18.2 Å². The molecule has 0 radical (unpaired) electrons. The van der Waals surface area contributed by atoms with Crippen LogP contribution in [-0.2, 0) is 13.5 Å². The largest absolute Gasteiger partial charge is 0.497 e. The average Bonchev–Trinajstić information content (AvgIpc) is 3.02. The van der Waals surface area contributed by atoms with Crippen LogP contribution in [0.4, 0.5) is 0 Å². The van der Waals surface area contributed by atoms with E-state index in [1.54, 1.807) is 31.4 Å². The monoisotopic (exact) mass is 377 g/mol. The summed E-state index contributed by atoms with van der Waals surface area (Å²) in [5.41, 5.74) is 1.62. The van der Waals surface area contributed by atoms with Crippen molar-refractivity contribution in [2.45, 2.75) is 6.42 Å². The zero-order chi connectivity index (χ0) is 19.7. The molecule has 0 spiro atoms. The molecule has 0 aliphatic heterocycles. The smallest absolute Gasteiger partial charge is 0.349 e. The van der Waals surface area contributed by atoms with E-state index in [2.05, 4.69) is 10.3 Å². The lowest BCUT2D eigenvalue weighted by molar-refractivity contribution is 0.0950. The van der Waals surface area contributed by atoms with Crippen LogP contribution in [0, 0.1) is 0 Å². The maximum Gasteiger partial charge on any atom is 0.349 e. The van der Waals surface area contributed by atoms with Gasteiger partial charge in [0.15, 0.2) is 0 Å². The van der Waals surface area contributed by atoms with Gasteiger partial charge in [-0.25, -0.2) is 9.78 Å². The van der Waals surface area contributed by atoms with Crippen LogP contribution >= 0.6 is 0 Å². The molecular weight excluding hydrogens is 358 g/mol. The van der Waals surface area contributed by atoms with Gasteiger partial charge in [-0.3, -0.25) is 4.79 Å². The van der Waals surface area contributed by atoms with Crippen molar-refractivity contribution in [3.05, 3.63) is 70.3 Å². The summed E-state index contributed by atoms with van der Waals surface area (Å²) < 4.78 is 12.4. The summed E-state index contributed by atoms with van der Waals surface area (Å²) in [5, 5.41) is 3.48. The van der Waals surface area contributed by atoms with E-state index in [1.807, 2.05) is 35.9 Å². The van der Waals surface area contributed by atoms with Gasteiger partial charge in [-0.2, -0.15) is 0 Å². The number of nitrogens with zero attached hydrogens (tertiary/aromatic N) is 2. The highest BCUT2D eigenvalue weighted by molar-refractivity contribution is 5.96. The summed E-state index contributed by atoms with van der Waals surface area (Å²) in [6.07, 6.45) is 0.526. The van der Waals surface area contributed by atoms with Crippen molar-refractivity contribution in [3.63, 3.8) is 0 Å². The van der Waals surface area contributed by atoms with Gasteiger partial charge < -0.3 is 19.0 Å². The molecule has 4 rings (SSSR count). The molecule has 0 saturated heterocycles. The molecule has 7 heteroatoms. The first-order chi connectivity index (χ1) is 13.6. The number of para-hydroxylation sites is 1. The van der Waals surface area contributed by atoms with Crippen molar-refractivity contribution < 1.29 is 13.9 Å². The Bertz CT molecular complexity index is 1240. The third-order valence-electron chi connectivity index (χ3n) is 4.70. The van der Waals surface area contributed by atoms with Crippen LogP contribution in [0.5, 0.6) is 5.75 Å². The van der Waals surface area contributed by atoms with Gasteiger partial charge in [0.05, 0.1) is 18.1 Å². The van der Waals surface area contributed by atoms with E-state index in [0.717, 1.165) is 22.6 Å². The summed E-state index contributed by atoms with van der Waals surface area (Å²) >= 11 is 0. The number of hydrogen-bond acceptors (Lipinski definition) is 5. The number of amides is 1. The van der Waals surface area contributed by atoms with Gasteiger partial charge in [0.2, 0.25) is 0 Å². The minimum absolute atomic E-state index is 0.00608. The number of ether oxygens (including phenoxy) is 1. The molecular formula is C21H19N3O4. The zero-order valence-corrected chi connectivity index (χ0v) is 15.6. The van der Waals surface area contributed by atoms with Gasteiger partial charge >= 0.3 is 5.63 Å². The molecule has 0 bridgehead atoms. The van der Waals surface area contributed by atoms with Crippen LogP contribution in [0.2, 0.25) is 0 Å². The number of carbonyl (C=O) groups excluding carboxylic acids is 1. The summed E-state index contributed by atoms with van der Waals surface area (Å²) in [6, 6.07) is 14.3. The number of methoxy groups -OCH3 is 1. The van der Waals surface area contributed by atoms with Crippen molar-refractivity contribution in [3.8, 4) is 5.75 Å². The molecule has 0 aliphatic carbocycles. The fourth-order valence-corrected chi connectivity index (χ4v) is 3.18. The zero-order valence-electron chi connectivity index (χ0n) is 15.6. The van der Waals surface area contributed by atoms with E-state index in [4.69, 9.17) is 9.15 Å². The molecule has 0 saturated carbocycles. The predicted molar refractivity (Wildman–Crippen MR) is 106 cm³/mol. The van der Waals surface area contributed by atoms with E-state index in [1.165, 1.54) is 0 Å². The number of nitrogens with one attached hydrogen (secondary N) is 1. The average molecular weight is 377 g/mol. The van der Waals surface area contributed by atoms with Crippen LogP contribution in [0.15, 0.2) is 57.7 Å². The molecule has 1 N–H and O–H groups in total. The lowest BCUT2D eigenvalue weighted by Gasteiger charge is -2.06. The van der Waals surface area contributed by atoms with Crippen LogP contribution in [0.25, 0.3) is 22.0 Å². The SMILES string of the molecule is COc1ccc2c(c1)nc(CCNC(=O)c1cc3ccccc3oc1=O)n2C. The standard InChI is InChI=1S/C21H19N3O4/c1-24-17-8-7-14(27-2)12-16(17)23-19(24)9-10-22-20(25)15-11-13-5-3-4-6-18(13)28-21(15)26/h3-8,11-12H,9-10H2,1-2H3,(H,22,25). The predicted octanol–water partition coefficient (Wildman–Crippen LogP) is 2.66. The number of benzene rings is 2. The van der Waals surface area contributed by atoms with Gasteiger partial charge in [0, 0.05) is 31.5 Å². The fourth-order valence-electron chi connectivity index (χ4n) is 3.18. The van der Waals surface area contributed by atoms with E-state index < -0.39 is 11.5 Å². The Morgan fingerprint density at radius 2 is 2.04 bits per heavy atom. The second kappa shape index (κ2) is 7.19. The fraction of sp³-hybridized carbons (Fsp3) is 0.190. The minimum Gasteiger partial charge on any atom is -0.497 e. The molecule has 28 heavy (non-hydrogen) atoms. The second-order valence-electron chi connectivity index (χ2n) is 6.43. The molecule has 7 nitrogen and oxygen atoms in total. The van der Waals surface area contributed by atoms with Crippen molar-refractivity contribution in [2.75, 3.05) is 13.7 Å². The Morgan fingerprint density at radius 3 is 2.86 bits per heavy atom. The maximum absolute atomic E-state index is 12.4. The van der Waals surface area contributed by atoms with E-state index in [9.17, 15) is 9.59 Å². The van der Waals surface area contributed by atoms with Crippen LogP contribution in [-0.4, -0.2) is 29.1 Å². The normalized spacial score (nSPS) is 11.1. The number of fused-ring (bicyclic) bond motifs is 2. The second-order valence-corrected chi connectivity index (χ2v) is 6.43. The van der Waals surface area contributed by atoms with E-state index in [0.29, 0.717) is 23.9 Å². The molecule has 1 amide bonds. The Hall–Kier alpha value is -3.61. The molecule has 2 aromatic heterocycles. The molecule has 2 aromatic carbocycles. The summed E-state index contributed by atoms with van der Waals surface area (Å²) in [4.78, 5) is 29.1.